The summed E-state index contributed by atoms with van der Waals surface area (Å²) >= 11 is 5.91. The monoisotopic (exact) mass is 306 g/mol. The number of nitrogens with one attached hydrogen (secondary N) is 1. The summed E-state index contributed by atoms with van der Waals surface area (Å²) in [6.07, 6.45) is 1.01. The van der Waals surface area contributed by atoms with Crippen LogP contribution in [0.4, 0.5) is 4.79 Å². The molecule has 1 N–H and O–H groups in total. The van der Waals surface area contributed by atoms with E-state index >= 15 is 0 Å². The Morgan fingerprint density at radius 2 is 2.05 bits per heavy atom. The van der Waals surface area contributed by atoms with Gasteiger partial charge in [0.25, 0.3) is 0 Å². The van der Waals surface area contributed by atoms with Gasteiger partial charge < -0.3 is 0 Å². The van der Waals surface area contributed by atoms with Crippen LogP contribution in [0.15, 0.2) is 24.3 Å². The van der Waals surface area contributed by atoms with Crippen molar-refractivity contribution >= 4 is 29.4 Å². The maximum atomic E-state index is 12.5. The summed E-state index contributed by atoms with van der Waals surface area (Å²) in [4.78, 5) is 37.6. The number of hydrogen-bond acceptors (Lipinski definition) is 3. The highest BCUT2D eigenvalue weighted by molar-refractivity contribution is 6.30. The molecule has 0 radical (unpaired) electrons. The lowest BCUT2D eigenvalue weighted by molar-refractivity contribution is -0.138. The molecule has 0 spiro atoms. The van der Waals surface area contributed by atoms with Crippen molar-refractivity contribution in [3.63, 3.8) is 0 Å². The van der Waals surface area contributed by atoms with Gasteiger partial charge in [-0.15, -0.1) is 0 Å². The standard InChI is InChI=1S/C15H15ClN2O3/c1-8-5-10(8)7-18-14(20)12(13(19)17-15(18)21)9-3-2-4-11(16)6-9/h2-4,6,8,10,12H,5,7H2,1H3,(H,17,19,21). The number of nitrogens with zero attached hydrogens (tertiary/aromatic N) is 1. The summed E-state index contributed by atoms with van der Waals surface area (Å²) in [7, 11) is 0. The van der Waals surface area contributed by atoms with Crippen LogP contribution in [-0.4, -0.2) is 29.3 Å². The van der Waals surface area contributed by atoms with Crippen LogP contribution in [0, 0.1) is 11.8 Å². The number of benzene rings is 1. The number of imide groups is 2. The van der Waals surface area contributed by atoms with E-state index < -0.39 is 23.8 Å². The molecule has 1 saturated carbocycles. The first kappa shape index (κ1) is 14.1. The molecule has 1 aromatic carbocycles. The Balaban J connectivity index is 1.87. The number of hydrogen-bond donors (Lipinski definition) is 1. The Morgan fingerprint density at radius 3 is 2.67 bits per heavy atom. The van der Waals surface area contributed by atoms with Gasteiger partial charge >= 0.3 is 6.03 Å². The highest BCUT2D eigenvalue weighted by Gasteiger charge is 2.45. The normalized spacial score (nSPS) is 28.6. The number of carbonyl (C=O) groups is 3. The van der Waals surface area contributed by atoms with Crippen LogP contribution in [0.5, 0.6) is 0 Å². The molecule has 2 aliphatic rings. The van der Waals surface area contributed by atoms with Crippen molar-refractivity contribution in [2.45, 2.75) is 19.3 Å². The van der Waals surface area contributed by atoms with Gasteiger partial charge in [-0.2, -0.15) is 0 Å². The molecule has 6 heteroatoms. The molecular formula is C15H15ClN2O3. The predicted octanol–water partition coefficient (Wildman–Crippen LogP) is 2.16. The molecule has 21 heavy (non-hydrogen) atoms. The van der Waals surface area contributed by atoms with Gasteiger partial charge in [0, 0.05) is 11.6 Å². The van der Waals surface area contributed by atoms with Crippen LogP contribution in [0.1, 0.15) is 24.8 Å². The second-order valence-corrected chi connectivity index (χ2v) is 6.14. The maximum Gasteiger partial charge on any atom is 0.330 e. The fraction of sp³-hybridized carbons (Fsp3) is 0.400. The molecule has 1 aliphatic carbocycles. The molecule has 1 aromatic rings. The SMILES string of the molecule is CC1CC1CN1C(=O)NC(=O)C(c2cccc(Cl)c2)C1=O. The van der Waals surface area contributed by atoms with Crippen molar-refractivity contribution in [3.8, 4) is 0 Å². The van der Waals surface area contributed by atoms with Crippen molar-refractivity contribution in [2.75, 3.05) is 6.54 Å². The number of carbonyl (C=O) groups excluding carboxylic acids is 3. The third-order valence-corrected chi connectivity index (χ3v) is 4.36. The first-order chi connectivity index (χ1) is 9.97. The molecule has 0 bridgehead atoms. The van der Waals surface area contributed by atoms with E-state index in [-0.39, 0.29) is 0 Å². The summed E-state index contributed by atoms with van der Waals surface area (Å²) in [5.41, 5.74) is 0.506. The maximum absolute atomic E-state index is 12.5. The van der Waals surface area contributed by atoms with E-state index in [9.17, 15) is 14.4 Å². The quantitative estimate of drug-likeness (QED) is 0.870. The fourth-order valence-electron chi connectivity index (χ4n) is 2.65. The lowest BCUT2D eigenvalue weighted by Crippen LogP contribution is -2.57. The molecule has 4 amide bonds. The predicted molar refractivity (Wildman–Crippen MR) is 76.7 cm³/mol. The fourth-order valence-corrected chi connectivity index (χ4v) is 2.85. The number of urea groups is 1. The number of rotatable bonds is 3. The van der Waals surface area contributed by atoms with E-state index in [2.05, 4.69) is 12.2 Å². The largest absolute Gasteiger partial charge is 0.330 e. The first-order valence-corrected chi connectivity index (χ1v) is 7.27. The summed E-state index contributed by atoms with van der Waals surface area (Å²) < 4.78 is 0. The van der Waals surface area contributed by atoms with Crippen molar-refractivity contribution in [1.82, 2.24) is 10.2 Å². The average Bonchev–Trinajstić information content (AvgIpc) is 3.10. The zero-order valence-electron chi connectivity index (χ0n) is 11.5. The van der Waals surface area contributed by atoms with Crippen LogP contribution in [0.3, 0.4) is 0 Å². The Bertz CT molecular complexity index is 631. The number of barbiturate groups is 1. The van der Waals surface area contributed by atoms with Gasteiger partial charge in [0.05, 0.1) is 0 Å². The van der Waals surface area contributed by atoms with Crippen LogP contribution in [0.2, 0.25) is 5.02 Å². The molecule has 3 atom stereocenters. The molecule has 1 saturated heterocycles. The van der Waals surface area contributed by atoms with Gasteiger partial charge in [0.15, 0.2) is 0 Å². The minimum absolute atomic E-state index is 0.341. The third-order valence-electron chi connectivity index (χ3n) is 4.13. The minimum atomic E-state index is -1.00. The Hall–Kier alpha value is -1.88. The van der Waals surface area contributed by atoms with Gasteiger partial charge in [-0.3, -0.25) is 19.8 Å². The van der Waals surface area contributed by atoms with E-state index in [1.165, 1.54) is 0 Å². The van der Waals surface area contributed by atoms with Crippen molar-refractivity contribution in [2.24, 2.45) is 11.8 Å². The van der Waals surface area contributed by atoms with E-state index in [0.717, 1.165) is 11.3 Å². The highest BCUT2D eigenvalue weighted by atomic mass is 35.5. The highest BCUT2D eigenvalue weighted by Crippen LogP contribution is 2.39. The second-order valence-electron chi connectivity index (χ2n) is 5.70. The minimum Gasteiger partial charge on any atom is -0.277 e. The molecule has 3 rings (SSSR count). The Labute approximate surface area is 127 Å². The zero-order chi connectivity index (χ0) is 15.1. The molecule has 3 unspecified atom stereocenters. The van der Waals surface area contributed by atoms with Gasteiger partial charge in [-0.25, -0.2) is 4.79 Å². The first-order valence-electron chi connectivity index (χ1n) is 6.89. The zero-order valence-corrected chi connectivity index (χ0v) is 12.3. The lowest BCUT2D eigenvalue weighted by Gasteiger charge is -2.30. The van der Waals surface area contributed by atoms with Crippen molar-refractivity contribution < 1.29 is 14.4 Å². The van der Waals surface area contributed by atoms with Crippen LogP contribution in [0.25, 0.3) is 0 Å². The molecule has 1 heterocycles. The summed E-state index contributed by atoms with van der Waals surface area (Å²) in [6.45, 7) is 2.45. The molecule has 2 fully saturated rings. The van der Waals surface area contributed by atoms with Crippen molar-refractivity contribution in [1.29, 1.82) is 0 Å². The number of halogens is 1. The van der Waals surface area contributed by atoms with Crippen LogP contribution in [-0.2, 0) is 9.59 Å². The van der Waals surface area contributed by atoms with Gasteiger partial charge in [-0.05, 0) is 36.0 Å². The summed E-state index contributed by atoms with van der Waals surface area (Å²) in [5.74, 6) is -1.20. The molecule has 1 aliphatic heterocycles. The van der Waals surface area contributed by atoms with E-state index in [1.807, 2.05) is 0 Å². The van der Waals surface area contributed by atoms with Gasteiger partial charge in [0.2, 0.25) is 11.8 Å². The Morgan fingerprint density at radius 1 is 1.33 bits per heavy atom. The lowest BCUT2D eigenvalue weighted by atomic mass is 9.95. The van der Waals surface area contributed by atoms with Crippen molar-refractivity contribution in [3.05, 3.63) is 34.9 Å². The van der Waals surface area contributed by atoms with Gasteiger partial charge in [0.1, 0.15) is 5.92 Å². The topological polar surface area (TPSA) is 66.5 Å². The van der Waals surface area contributed by atoms with Crippen LogP contribution < -0.4 is 5.32 Å². The molecular weight excluding hydrogens is 292 g/mol. The Kier molecular flexibility index (Phi) is 3.45. The third kappa shape index (κ3) is 2.65. The number of amides is 4. The van der Waals surface area contributed by atoms with Gasteiger partial charge in [-0.1, -0.05) is 30.7 Å². The molecule has 110 valence electrons. The molecule has 0 aromatic heterocycles. The molecule has 5 nitrogen and oxygen atoms in total. The second kappa shape index (κ2) is 5.15. The summed E-state index contributed by atoms with van der Waals surface area (Å²) in [5, 5.41) is 2.71. The van der Waals surface area contributed by atoms with E-state index in [1.54, 1.807) is 24.3 Å². The summed E-state index contributed by atoms with van der Waals surface area (Å²) in [6, 6.07) is 5.98. The smallest absolute Gasteiger partial charge is 0.277 e. The van der Waals surface area contributed by atoms with E-state index in [4.69, 9.17) is 11.6 Å². The average molecular weight is 307 g/mol. The van der Waals surface area contributed by atoms with E-state index in [0.29, 0.717) is 29.0 Å². The van der Waals surface area contributed by atoms with Crippen LogP contribution >= 0.6 is 11.6 Å².